The van der Waals surface area contributed by atoms with Crippen LogP contribution in [0.2, 0.25) is 0 Å². The maximum absolute atomic E-state index is 4.33. The molecule has 1 aromatic rings. The second-order valence-electron chi connectivity index (χ2n) is 4.67. The van der Waals surface area contributed by atoms with Crippen LogP contribution in [-0.2, 0) is 0 Å². The largest absolute Gasteiger partial charge is 0.338 e. The van der Waals surface area contributed by atoms with E-state index in [1.165, 1.54) is 5.92 Å². The van der Waals surface area contributed by atoms with Gasteiger partial charge in [-0.05, 0) is 21.8 Å². The van der Waals surface area contributed by atoms with E-state index in [0.717, 1.165) is 43.1 Å². The summed E-state index contributed by atoms with van der Waals surface area (Å²) in [5, 5.41) is 0. The molecule has 1 aromatic heterocycles. The Morgan fingerprint density at radius 1 is 1.18 bits per heavy atom. The van der Waals surface area contributed by atoms with E-state index >= 15 is 0 Å². The molecule has 5 heteroatoms. The highest BCUT2D eigenvalue weighted by atomic mass is 79.9. The molecule has 0 bridgehead atoms. The zero-order valence-corrected chi connectivity index (χ0v) is 11.9. The molecular weight excluding hydrogens is 280 g/mol. The summed E-state index contributed by atoms with van der Waals surface area (Å²) in [4.78, 5) is 13.4. The normalized spacial score (nSPS) is 17.8. The number of anilines is 1. The molecule has 0 aliphatic carbocycles. The predicted molar refractivity (Wildman–Crippen MR) is 73.0 cm³/mol. The minimum atomic E-state index is 0.838. The van der Waals surface area contributed by atoms with Gasteiger partial charge in [0.1, 0.15) is 0 Å². The maximum atomic E-state index is 4.33. The first kappa shape index (κ1) is 12.8. The van der Waals surface area contributed by atoms with E-state index in [4.69, 9.17) is 0 Å². The van der Waals surface area contributed by atoms with Crippen molar-refractivity contribution in [3.05, 3.63) is 22.8 Å². The first-order chi connectivity index (χ1) is 8.15. The molecule has 0 aromatic carbocycles. The summed E-state index contributed by atoms with van der Waals surface area (Å²) < 4.78 is 0.927. The smallest absolute Gasteiger partial charge is 0.225 e. The first-order valence-electron chi connectivity index (χ1n) is 5.89. The van der Waals surface area contributed by atoms with Crippen molar-refractivity contribution in [2.75, 3.05) is 37.6 Å². The molecule has 1 aliphatic heterocycles. The number of hydrogen-bond donors (Lipinski definition) is 0. The molecule has 2 rings (SSSR count). The van der Waals surface area contributed by atoms with Crippen LogP contribution in [0, 0.1) is 5.92 Å². The van der Waals surface area contributed by atoms with Gasteiger partial charge in [0, 0.05) is 45.1 Å². The van der Waals surface area contributed by atoms with Crippen molar-refractivity contribution in [1.82, 2.24) is 14.9 Å². The summed E-state index contributed by atoms with van der Waals surface area (Å²) in [5.41, 5.74) is 0. The summed E-state index contributed by atoms with van der Waals surface area (Å²) in [5.74, 6) is 2.31. The van der Waals surface area contributed by atoms with Gasteiger partial charge in [0.05, 0.1) is 4.47 Å². The zero-order valence-electron chi connectivity index (χ0n) is 10.4. The number of nitrogens with zero attached hydrogens (tertiary/aromatic N) is 4. The van der Waals surface area contributed by atoms with Crippen LogP contribution in [-0.4, -0.2) is 47.6 Å². The third-order valence-corrected chi connectivity index (χ3v) is 3.21. The molecule has 0 unspecified atom stereocenters. The number of piperazine rings is 1. The van der Waals surface area contributed by atoms with Crippen LogP contribution in [0.3, 0.4) is 0 Å². The highest BCUT2D eigenvalue weighted by Gasteiger charge is 2.19. The Bertz CT molecular complexity index is 344. The molecule has 1 aliphatic rings. The molecule has 0 atom stereocenters. The fourth-order valence-corrected chi connectivity index (χ4v) is 2.23. The third-order valence-electron chi connectivity index (χ3n) is 2.80. The van der Waals surface area contributed by atoms with Crippen molar-refractivity contribution in [3.63, 3.8) is 0 Å². The van der Waals surface area contributed by atoms with Crippen molar-refractivity contribution < 1.29 is 0 Å². The summed E-state index contributed by atoms with van der Waals surface area (Å²) in [6.45, 7) is 9.67. The van der Waals surface area contributed by atoms with Gasteiger partial charge in [0.25, 0.3) is 0 Å². The summed E-state index contributed by atoms with van der Waals surface area (Å²) in [6, 6.07) is 0. The lowest BCUT2D eigenvalue weighted by Gasteiger charge is -2.35. The third kappa shape index (κ3) is 3.64. The van der Waals surface area contributed by atoms with Crippen molar-refractivity contribution in [3.8, 4) is 0 Å². The predicted octanol–water partition coefficient (Wildman–Crippen LogP) is 1.98. The van der Waals surface area contributed by atoms with Crippen LogP contribution in [0.15, 0.2) is 16.9 Å². The molecule has 0 saturated carbocycles. The van der Waals surface area contributed by atoms with E-state index in [-0.39, 0.29) is 0 Å². The Kier molecular flexibility index (Phi) is 4.34. The van der Waals surface area contributed by atoms with E-state index in [9.17, 15) is 0 Å². The molecule has 0 amide bonds. The lowest BCUT2D eigenvalue weighted by molar-refractivity contribution is 0.266. The molecule has 1 saturated heterocycles. The van der Waals surface area contributed by atoms with Gasteiger partial charge in [-0.2, -0.15) is 0 Å². The van der Waals surface area contributed by atoms with Crippen LogP contribution in [0.5, 0.6) is 0 Å². The maximum Gasteiger partial charge on any atom is 0.225 e. The van der Waals surface area contributed by atoms with E-state index in [1.54, 1.807) is 12.4 Å². The topological polar surface area (TPSA) is 32.3 Å². The minimum Gasteiger partial charge on any atom is -0.338 e. The average molecular weight is 298 g/mol. The van der Waals surface area contributed by atoms with E-state index < -0.39 is 0 Å². The summed E-state index contributed by atoms with van der Waals surface area (Å²) in [7, 11) is 0. The number of hydrogen-bond acceptors (Lipinski definition) is 4. The van der Waals surface area contributed by atoms with Gasteiger partial charge < -0.3 is 4.90 Å². The summed E-state index contributed by atoms with van der Waals surface area (Å²) >= 11 is 3.35. The monoisotopic (exact) mass is 297 g/mol. The fourth-order valence-electron chi connectivity index (χ4n) is 2.02. The first-order valence-corrected chi connectivity index (χ1v) is 6.68. The summed E-state index contributed by atoms with van der Waals surface area (Å²) in [6.07, 6.45) is 3.61. The molecule has 2 heterocycles. The zero-order chi connectivity index (χ0) is 12.3. The van der Waals surface area contributed by atoms with Crippen molar-refractivity contribution in [2.24, 2.45) is 0 Å². The quantitative estimate of drug-likeness (QED) is 0.854. The Morgan fingerprint density at radius 3 is 2.29 bits per heavy atom. The van der Waals surface area contributed by atoms with E-state index in [1.807, 2.05) is 0 Å². The van der Waals surface area contributed by atoms with Crippen LogP contribution in [0.1, 0.15) is 13.8 Å². The van der Waals surface area contributed by atoms with E-state index in [2.05, 4.69) is 49.5 Å². The second-order valence-corrected chi connectivity index (χ2v) is 5.59. The van der Waals surface area contributed by atoms with Crippen LogP contribution in [0.4, 0.5) is 5.95 Å². The molecule has 0 spiro atoms. The van der Waals surface area contributed by atoms with Gasteiger partial charge >= 0.3 is 0 Å². The fraction of sp³-hybridized carbons (Fsp3) is 0.583. The average Bonchev–Trinajstić information content (AvgIpc) is 2.30. The molecule has 1 radical (unpaired) electrons. The standard InChI is InChI=1S/C12H18BrN4/c1-10(2)9-16-3-5-17(6-4-16)12-14-7-11(13)8-15-12/h7-8H,3-6,9H2,1-2H3. The highest BCUT2D eigenvalue weighted by molar-refractivity contribution is 9.10. The molecule has 1 fully saturated rings. The van der Waals surface area contributed by atoms with E-state index in [0.29, 0.717) is 0 Å². The van der Waals surface area contributed by atoms with Crippen molar-refractivity contribution in [1.29, 1.82) is 0 Å². The van der Waals surface area contributed by atoms with Crippen molar-refractivity contribution >= 4 is 21.9 Å². The lowest BCUT2D eigenvalue weighted by atomic mass is 10.2. The van der Waals surface area contributed by atoms with Crippen LogP contribution < -0.4 is 4.90 Å². The Morgan fingerprint density at radius 2 is 1.76 bits per heavy atom. The van der Waals surface area contributed by atoms with Gasteiger partial charge in [0.2, 0.25) is 5.95 Å². The van der Waals surface area contributed by atoms with Crippen LogP contribution >= 0.6 is 15.9 Å². The highest BCUT2D eigenvalue weighted by Crippen LogP contribution is 2.14. The van der Waals surface area contributed by atoms with Gasteiger partial charge in [-0.15, -0.1) is 0 Å². The Hall–Kier alpha value is -0.680. The van der Waals surface area contributed by atoms with Crippen LogP contribution in [0.25, 0.3) is 0 Å². The number of halogens is 1. The van der Waals surface area contributed by atoms with Gasteiger partial charge in [0.15, 0.2) is 0 Å². The number of rotatable bonds is 3. The molecule has 17 heavy (non-hydrogen) atoms. The lowest BCUT2D eigenvalue weighted by Crippen LogP contribution is -2.47. The molecular formula is C12H18BrN4. The van der Waals surface area contributed by atoms with Gasteiger partial charge in [-0.1, -0.05) is 13.8 Å². The van der Waals surface area contributed by atoms with Crippen molar-refractivity contribution in [2.45, 2.75) is 13.8 Å². The molecule has 93 valence electrons. The van der Waals surface area contributed by atoms with Gasteiger partial charge in [-0.25, -0.2) is 9.97 Å². The number of aromatic nitrogens is 2. The minimum absolute atomic E-state index is 0.838. The SMILES string of the molecule is C[C](C)CN1CCN(c2ncc(Br)cn2)CC1. The molecule has 4 nitrogen and oxygen atoms in total. The Balaban J connectivity index is 1.88. The van der Waals surface area contributed by atoms with Gasteiger partial charge in [-0.3, -0.25) is 4.90 Å². The molecule has 0 N–H and O–H groups in total. The second kappa shape index (κ2) is 5.78. The Labute approximate surface area is 111 Å².